The van der Waals surface area contributed by atoms with Crippen LogP contribution in [-0.4, -0.2) is 35.9 Å². The summed E-state index contributed by atoms with van der Waals surface area (Å²) in [7, 11) is -0.200. The molecule has 9 heteroatoms. The molecule has 1 aliphatic heterocycles. The Morgan fingerprint density at radius 3 is 0.929 bits per heavy atom. The Morgan fingerprint density at radius 2 is 0.857 bits per heavy atom. The fraction of sp³-hybridized carbons (Fsp3) is 1.00. The van der Waals surface area contributed by atoms with E-state index in [1.807, 2.05) is 0 Å². The first-order valence-electron chi connectivity index (χ1n) is 3.16. The van der Waals surface area contributed by atoms with E-state index in [4.69, 9.17) is 0 Å². The van der Waals surface area contributed by atoms with Crippen LogP contribution >= 0.6 is 0 Å². The largest absolute Gasteiger partial charge is 0.394 e. The van der Waals surface area contributed by atoms with Crippen LogP contribution < -0.4 is 0 Å². The Kier molecular flexibility index (Phi) is 1.90. The molecule has 0 aliphatic carbocycles. The van der Waals surface area contributed by atoms with Crippen LogP contribution in [-0.2, 0) is 0 Å². The fourth-order valence-electron chi connectivity index (χ4n) is 0.975. The highest BCUT2D eigenvalue weighted by Crippen LogP contribution is 2.61. The summed E-state index contributed by atoms with van der Waals surface area (Å²) in [6, 6.07) is -11.2. The topological polar surface area (TPSA) is 3.24 Å². The average Bonchev–Trinajstić information content (AvgIpc) is 2.05. The quantitative estimate of drug-likeness (QED) is 0.455. The Morgan fingerprint density at radius 1 is 0.643 bits per heavy atom. The Labute approximate surface area is 72.3 Å². The molecule has 1 aliphatic rings. The van der Waals surface area contributed by atoms with E-state index in [1.54, 1.807) is 0 Å². The average molecular weight is 229 g/mol. The molecule has 0 amide bonds. The lowest BCUT2D eigenvalue weighted by Crippen LogP contribution is -2.51. The minimum atomic E-state index is -6.10. The van der Waals surface area contributed by atoms with Crippen molar-refractivity contribution in [3.8, 4) is 0 Å². The number of rotatable bonds is 0. The lowest BCUT2D eigenvalue weighted by Gasteiger charge is -2.23. The molecule has 0 N–H and O–H groups in total. The maximum atomic E-state index is 12.3. The summed E-state index contributed by atoms with van der Waals surface area (Å²) in [5.74, 6) is -12.2. The summed E-state index contributed by atoms with van der Waals surface area (Å²) in [6.07, 6.45) is 0. The summed E-state index contributed by atoms with van der Waals surface area (Å²) in [5.41, 5.74) is 0. The third-order valence-electron chi connectivity index (χ3n) is 1.99. The molecule has 0 bridgehead atoms. The molecular formula is C5H3F8N. The molecule has 0 spiro atoms. The van der Waals surface area contributed by atoms with Crippen LogP contribution in [0.1, 0.15) is 0 Å². The molecule has 1 nitrogen and oxygen atoms in total. The van der Waals surface area contributed by atoms with Gasteiger partial charge in [-0.2, -0.15) is 40.0 Å². The third kappa shape index (κ3) is 0.836. The van der Waals surface area contributed by atoms with Crippen molar-refractivity contribution in [2.24, 2.45) is 0 Å². The van der Waals surface area contributed by atoms with Crippen LogP contribution in [0.3, 0.4) is 0 Å². The van der Waals surface area contributed by atoms with E-state index in [2.05, 4.69) is 0 Å². The Balaban J connectivity index is 3.38. The number of nitrogens with zero attached hydrogens (tertiary/aromatic N) is 1. The van der Waals surface area contributed by atoms with Gasteiger partial charge in [-0.15, -0.1) is 0 Å². The molecule has 14 heavy (non-hydrogen) atoms. The molecular weight excluding hydrogens is 226 g/mol. The van der Waals surface area contributed by atoms with Crippen LogP contribution in [0.4, 0.5) is 35.1 Å². The van der Waals surface area contributed by atoms with Crippen molar-refractivity contribution in [3.05, 3.63) is 0 Å². The van der Waals surface area contributed by atoms with Gasteiger partial charge in [-0.1, -0.05) is 0 Å². The van der Waals surface area contributed by atoms with Gasteiger partial charge in [0.15, 0.2) is 0 Å². The first kappa shape index (κ1) is 11.5. The predicted octanol–water partition coefficient (Wildman–Crippen LogP) is 2.39. The number of likely N-dealkylation sites (tertiary alicyclic amines) is 1. The van der Waals surface area contributed by atoms with Gasteiger partial charge in [0.2, 0.25) is 0 Å². The lowest BCUT2D eigenvalue weighted by atomic mass is 10.2. The van der Waals surface area contributed by atoms with Gasteiger partial charge < -0.3 is 0 Å². The predicted molar refractivity (Wildman–Crippen MR) is 27.6 cm³/mol. The second kappa shape index (κ2) is 2.31. The molecule has 0 atom stereocenters. The van der Waals surface area contributed by atoms with Gasteiger partial charge in [0, 0.05) is 0 Å². The zero-order chi connectivity index (χ0) is 11.6. The number of hydrogen-bond acceptors (Lipinski definition) is 1. The zero-order valence-electron chi connectivity index (χ0n) is 6.47. The molecule has 0 aromatic carbocycles. The van der Waals surface area contributed by atoms with E-state index in [9.17, 15) is 35.1 Å². The van der Waals surface area contributed by atoms with E-state index < -0.39 is 28.8 Å². The van der Waals surface area contributed by atoms with Crippen LogP contribution in [0.25, 0.3) is 0 Å². The SMILES string of the molecule is CN1C(F)(F)C(F)(F)C(F)(F)C1(F)F. The summed E-state index contributed by atoms with van der Waals surface area (Å²) < 4.78 is 98.2. The molecule has 84 valence electrons. The summed E-state index contributed by atoms with van der Waals surface area (Å²) in [5, 5.41) is 0. The molecule has 1 saturated heterocycles. The minimum Gasteiger partial charge on any atom is -0.191 e. The third-order valence-corrected chi connectivity index (χ3v) is 1.99. The molecule has 1 rings (SSSR count). The van der Waals surface area contributed by atoms with Gasteiger partial charge in [-0.05, 0) is 7.05 Å². The van der Waals surface area contributed by atoms with Crippen molar-refractivity contribution < 1.29 is 35.1 Å². The first-order valence-corrected chi connectivity index (χ1v) is 3.16. The fourth-order valence-corrected chi connectivity index (χ4v) is 0.975. The maximum Gasteiger partial charge on any atom is 0.394 e. The molecule has 0 aromatic rings. The van der Waals surface area contributed by atoms with Crippen molar-refractivity contribution in [3.63, 3.8) is 0 Å². The van der Waals surface area contributed by atoms with Crippen LogP contribution in [0.2, 0.25) is 0 Å². The Hall–Kier alpha value is -0.600. The highest BCUT2D eigenvalue weighted by molar-refractivity contribution is 5.10. The van der Waals surface area contributed by atoms with Crippen molar-refractivity contribution >= 4 is 0 Å². The van der Waals surface area contributed by atoms with Crippen molar-refractivity contribution in [1.82, 2.24) is 4.90 Å². The van der Waals surface area contributed by atoms with Gasteiger partial charge in [0.1, 0.15) is 0 Å². The van der Waals surface area contributed by atoms with Gasteiger partial charge >= 0.3 is 23.9 Å². The second-order valence-electron chi connectivity index (χ2n) is 2.79. The summed E-state index contributed by atoms with van der Waals surface area (Å²) in [4.78, 5) is -1.62. The van der Waals surface area contributed by atoms with Gasteiger partial charge in [0.05, 0.1) is 0 Å². The first-order chi connectivity index (χ1) is 5.90. The normalized spacial score (nSPS) is 33.2. The van der Waals surface area contributed by atoms with Crippen molar-refractivity contribution in [1.29, 1.82) is 0 Å². The lowest BCUT2D eigenvalue weighted by molar-refractivity contribution is -0.303. The molecule has 1 fully saturated rings. The molecule has 0 saturated carbocycles. The second-order valence-corrected chi connectivity index (χ2v) is 2.79. The van der Waals surface area contributed by atoms with E-state index in [0.717, 1.165) is 0 Å². The Bertz CT molecular complexity index is 232. The van der Waals surface area contributed by atoms with Gasteiger partial charge in [-0.25, -0.2) is 0 Å². The zero-order valence-corrected chi connectivity index (χ0v) is 6.47. The maximum absolute atomic E-state index is 12.3. The highest BCUT2D eigenvalue weighted by Gasteiger charge is 2.91. The molecule has 0 unspecified atom stereocenters. The molecule has 0 aromatic heterocycles. The van der Waals surface area contributed by atoms with Crippen molar-refractivity contribution in [2.75, 3.05) is 7.05 Å². The number of hydrogen-bond donors (Lipinski definition) is 0. The number of alkyl halides is 8. The summed E-state index contributed by atoms with van der Waals surface area (Å²) in [6.45, 7) is 0. The molecule has 1 heterocycles. The monoisotopic (exact) mass is 229 g/mol. The van der Waals surface area contributed by atoms with Gasteiger partial charge in [0.25, 0.3) is 0 Å². The van der Waals surface area contributed by atoms with E-state index in [-0.39, 0.29) is 7.05 Å². The van der Waals surface area contributed by atoms with E-state index >= 15 is 0 Å². The minimum absolute atomic E-state index is 0.200. The summed E-state index contributed by atoms with van der Waals surface area (Å²) >= 11 is 0. The van der Waals surface area contributed by atoms with Crippen LogP contribution in [0.15, 0.2) is 0 Å². The van der Waals surface area contributed by atoms with E-state index in [0.29, 0.717) is 0 Å². The number of halogens is 8. The van der Waals surface area contributed by atoms with E-state index in [1.165, 1.54) is 0 Å². The van der Waals surface area contributed by atoms with Crippen molar-refractivity contribution in [2.45, 2.75) is 23.9 Å². The highest BCUT2D eigenvalue weighted by atomic mass is 19.4. The standard InChI is InChI=1S/C5H3F8N/c1-14-4(10,11)2(6,7)3(8,9)5(14,12)13/h1H3. The van der Waals surface area contributed by atoms with Crippen LogP contribution in [0.5, 0.6) is 0 Å². The van der Waals surface area contributed by atoms with Gasteiger partial charge in [-0.3, -0.25) is 0 Å². The molecule has 0 radical (unpaired) electrons. The van der Waals surface area contributed by atoms with Crippen LogP contribution in [0, 0.1) is 0 Å². The smallest absolute Gasteiger partial charge is 0.191 e.